The number of benzene rings is 1. The molecule has 0 amide bonds. The molecule has 1 aliphatic rings. The maximum atomic E-state index is 8.82. The van der Waals surface area contributed by atoms with E-state index in [0.717, 1.165) is 23.6 Å². The molecule has 1 atom stereocenters. The lowest BCUT2D eigenvalue weighted by molar-refractivity contribution is 0.174. The summed E-state index contributed by atoms with van der Waals surface area (Å²) < 4.78 is 10.5. The minimum atomic E-state index is 0.0467. The van der Waals surface area contributed by atoms with Crippen LogP contribution in [0.1, 0.15) is 13.3 Å². The van der Waals surface area contributed by atoms with E-state index < -0.39 is 0 Å². The number of fused-ring (bicyclic) bond motifs is 1. The van der Waals surface area contributed by atoms with Gasteiger partial charge in [-0.25, -0.2) is 0 Å². The van der Waals surface area contributed by atoms with Crippen molar-refractivity contribution in [3.63, 3.8) is 0 Å². The maximum absolute atomic E-state index is 8.82. The number of hydrogen-bond donors (Lipinski definition) is 1. The van der Waals surface area contributed by atoms with Crippen LogP contribution in [0.15, 0.2) is 18.2 Å². The SMILES string of the molecule is CCC(C#N)CNc1ccc2c(c1)OCO2. The lowest BCUT2D eigenvalue weighted by atomic mass is 10.1. The van der Waals surface area contributed by atoms with Gasteiger partial charge in [0.2, 0.25) is 6.79 Å². The van der Waals surface area contributed by atoms with Crippen molar-refractivity contribution in [3.05, 3.63) is 18.2 Å². The Bertz CT molecular complexity index is 412. The van der Waals surface area contributed by atoms with Gasteiger partial charge in [-0.1, -0.05) is 6.92 Å². The highest BCUT2D eigenvalue weighted by Crippen LogP contribution is 2.34. The average molecular weight is 218 g/mol. The fourth-order valence-corrected chi connectivity index (χ4v) is 1.53. The molecule has 2 rings (SSSR count). The summed E-state index contributed by atoms with van der Waals surface area (Å²) in [4.78, 5) is 0. The van der Waals surface area contributed by atoms with Crippen LogP contribution in [0.5, 0.6) is 11.5 Å². The van der Waals surface area contributed by atoms with E-state index in [-0.39, 0.29) is 12.7 Å². The third-order valence-electron chi connectivity index (χ3n) is 2.60. The van der Waals surface area contributed by atoms with Crippen molar-refractivity contribution in [2.75, 3.05) is 18.7 Å². The Hall–Kier alpha value is -1.89. The Balaban J connectivity index is 1.98. The number of nitrogens with zero attached hydrogens (tertiary/aromatic N) is 1. The molecule has 0 aliphatic carbocycles. The van der Waals surface area contributed by atoms with Gasteiger partial charge in [0.1, 0.15) is 0 Å². The standard InChI is InChI=1S/C12H14N2O2/c1-2-9(6-13)7-14-10-3-4-11-12(5-10)16-8-15-11/h3-5,9,14H,2,7-8H2,1H3. The van der Waals surface area contributed by atoms with Gasteiger partial charge in [-0.3, -0.25) is 0 Å². The molecule has 1 aromatic rings. The Kier molecular flexibility index (Phi) is 3.16. The molecule has 4 nitrogen and oxygen atoms in total. The lowest BCUT2D eigenvalue weighted by Gasteiger charge is -2.09. The fourth-order valence-electron chi connectivity index (χ4n) is 1.53. The minimum absolute atomic E-state index is 0.0467. The van der Waals surface area contributed by atoms with Crippen LogP contribution in [0.3, 0.4) is 0 Å². The van der Waals surface area contributed by atoms with E-state index in [1.807, 2.05) is 25.1 Å². The van der Waals surface area contributed by atoms with Crippen molar-refractivity contribution in [2.24, 2.45) is 5.92 Å². The van der Waals surface area contributed by atoms with E-state index in [9.17, 15) is 0 Å². The van der Waals surface area contributed by atoms with Gasteiger partial charge in [-0.2, -0.15) is 5.26 Å². The minimum Gasteiger partial charge on any atom is -0.454 e. The predicted octanol–water partition coefficient (Wildman–Crippen LogP) is 2.38. The third kappa shape index (κ3) is 2.19. The van der Waals surface area contributed by atoms with Crippen molar-refractivity contribution in [2.45, 2.75) is 13.3 Å². The Morgan fingerprint density at radius 1 is 1.44 bits per heavy atom. The summed E-state index contributed by atoms with van der Waals surface area (Å²) in [6.07, 6.45) is 0.855. The summed E-state index contributed by atoms with van der Waals surface area (Å²) in [5, 5.41) is 12.0. The molecular weight excluding hydrogens is 204 g/mol. The highest BCUT2D eigenvalue weighted by atomic mass is 16.7. The van der Waals surface area contributed by atoms with E-state index in [1.165, 1.54) is 0 Å². The zero-order valence-corrected chi connectivity index (χ0v) is 9.19. The first-order valence-electron chi connectivity index (χ1n) is 5.36. The third-order valence-corrected chi connectivity index (χ3v) is 2.60. The molecule has 0 bridgehead atoms. The van der Waals surface area contributed by atoms with Crippen molar-refractivity contribution in [3.8, 4) is 17.6 Å². The van der Waals surface area contributed by atoms with E-state index in [1.54, 1.807) is 0 Å². The molecule has 16 heavy (non-hydrogen) atoms. The van der Waals surface area contributed by atoms with Gasteiger partial charge >= 0.3 is 0 Å². The summed E-state index contributed by atoms with van der Waals surface area (Å²) in [6.45, 7) is 2.95. The molecule has 0 fully saturated rings. The van der Waals surface area contributed by atoms with E-state index in [2.05, 4.69) is 11.4 Å². The van der Waals surface area contributed by atoms with Crippen molar-refractivity contribution < 1.29 is 9.47 Å². The summed E-state index contributed by atoms with van der Waals surface area (Å²) in [7, 11) is 0. The molecular formula is C12H14N2O2. The summed E-state index contributed by atoms with van der Waals surface area (Å²) in [5.74, 6) is 1.58. The summed E-state index contributed by atoms with van der Waals surface area (Å²) in [6, 6.07) is 7.95. The van der Waals surface area contributed by atoms with Crippen LogP contribution >= 0.6 is 0 Å². The topological polar surface area (TPSA) is 54.3 Å². The average Bonchev–Trinajstić information content (AvgIpc) is 2.77. The zero-order chi connectivity index (χ0) is 11.4. The van der Waals surface area contributed by atoms with Gasteiger partial charge in [-0.05, 0) is 18.6 Å². The van der Waals surface area contributed by atoms with Gasteiger partial charge < -0.3 is 14.8 Å². The normalized spacial score (nSPS) is 14.2. The quantitative estimate of drug-likeness (QED) is 0.843. The molecule has 4 heteroatoms. The lowest BCUT2D eigenvalue weighted by Crippen LogP contribution is -2.11. The van der Waals surface area contributed by atoms with Crippen molar-refractivity contribution in [1.29, 1.82) is 5.26 Å². The first-order chi connectivity index (χ1) is 7.83. The molecule has 1 N–H and O–H groups in total. The van der Waals surface area contributed by atoms with E-state index in [4.69, 9.17) is 14.7 Å². The molecule has 1 aromatic carbocycles. The molecule has 0 saturated carbocycles. The maximum Gasteiger partial charge on any atom is 0.231 e. The molecule has 0 aromatic heterocycles. The summed E-state index contributed by atoms with van der Waals surface area (Å²) >= 11 is 0. The highest BCUT2D eigenvalue weighted by molar-refractivity contribution is 5.55. The van der Waals surface area contributed by atoms with Crippen LogP contribution in [0.2, 0.25) is 0 Å². The van der Waals surface area contributed by atoms with Crippen LogP contribution in [0, 0.1) is 17.2 Å². The molecule has 0 spiro atoms. The van der Waals surface area contributed by atoms with Gasteiger partial charge in [0.15, 0.2) is 11.5 Å². The molecule has 1 unspecified atom stereocenters. The predicted molar refractivity (Wildman–Crippen MR) is 60.4 cm³/mol. The Morgan fingerprint density at radius 3 is 3.00 bits per heavy atom. The first-order valence-corrected chi connectivity index (χ1v) is 5.36. The second kappa shape index (κ2) is 4.75. The van der Waals surface area contributed by atoms with Crippen molar-refractivity contribution in [1.82, 2.24) is 0 Å². The number of hydrogen-bond acceptors (Lipinski definition) is 4. The Labute approximate surface area is 94.8 Å². The van der Waals surface area contributed by atoms with E-state index >= 15 is 0 Å². The molecule has 1 aliphatic heterocycles. The summed E-state index contributed by atoms with van der Waals surface area (Å²) in [5.41, 5.74) is 0.956. The second-order valence-corrected chi connectivity index (χ2v) is 3.68. The van der Waals surface area contributed by atoms with Gasteiger partial charge in [0.25, 0.3) is 0 Å². The number of rotatable bonds is 4. The van der Waals surface area contributed by atoms with E-state index in [0.29, 0.717) is 6.54 Å². The molecule has 84 valence electrons. The first kappa shape index (κ1) is 10.6. The number of nitrogens with one attached hydrogen (secondary N) is 1. The fraction of sp³-hybridized carbons (Fsp3) is 0.417. The van der Waals surface area contributed by atoms with Crippen LogP contribution in [-0.4, -0.2) is 13.3 Å². The largest absolute Gasteiger partial charge is 0.454 e. The van der Waals surface area contributed by atoms with Crippen LogP contribution in [0.25, 0.3) is 0 Å². The van der Waals surface area contributed by atoms with Gasteiger partial charge in [0.05, 0.1) is 12.0 Å². The number of nitriles is 1. The molecule has 0 radical (unpaired) electrons. The van der Waals surface area contributed by atoms with Crippen molar-refractivity contribution >= 4 is 5.69 Å². The molecule has 0 saturated heterocycles. The van der Waals surface area contributed by atoms with Crippen LogP contribution in [-0.2, 0) is 0 Å². The zero-order valence-electron chi connectivity index (χ0n) is 9.19. The second-order valence-electron chi connectivity index (χ2n) is 3.68. The van der Waals surface area contributed by atoms with Crippen LogP contribution in [0.4, 0.5) is 5.69 Å². The number of ether oxygens (including phenoxy) is 2. The monoisotopic (exact) mass is 218 g/mol. The number of anilines is 1. The highest BCUT2D eigenvalue weighted by Gasteiger charge is 2.13. The smallest absolute Gasteiger partial charge is 0.231 e. The Morgan fingerprint density at radius 2 is 2.25 bits per heavy atom. The van der Waals surface area contributed by atoms with Gasteiger partial charge in [-0.15, -0.1) is 0 Å². The van der Waals surface area contributed by atoms with Gasteiger partial charge in [0, 0.05) is 18.3 Å². The van der Waals surface area contributed by atoms with Crippen LogP contribution < -0.4 is 14.8 Å². The molecule has 1 heterocycles.